The Bertz CT molecular complexity index is 554. The van der Waals surface area contributed by atoms with E-state index in [1.807, 2.05) is 6.07 Å². The standard InChI is InChI=1S/C16H19FN2O2/c1-2-21-16(20)14-4-3-5-19(11-14)10-13-6-12(9-18)7-15(17)8-13/h6-8,14H,2-5,10-11H2,1H3. The van der Waals surface area contributed by atoms with Crippen molar-refractivity contribution in [2.24, 2.45) is 5.92 Å². The Labute approximate surface area is 124 Å². The first kappa shape index (κ1) is 15.5. The second-order valence-corrected chi connectivity index (χ2v) is 5.29. The zero-order valence-electron chi connectivity index (χ0n) is 12.1. The van der Waals surface area contributed by atoms with Gasteiger partial charge in [0.25, 0.3) is 0 Å². The van der Waals surface area contributed by atoms with Crippen LogP contribution in [-0.4, -0.2) is 30.6 Å². The van der Waals surface area contributed by atoms with Crippen molar-refractivity contribution < 1.29 is 13.9 Å². The van der Waals surface area contributed by atoms with E-state index in [0.29, 0.717) is 25.3 Å². The largest absolute Gasteiger partial charge is 0.466 e. The van der Waals surface area contributed by atoms with E-state index in [1.54, 1.807) is 13.0 Å². The molecule has 1 heterocycles. The van der Waals surface area contributed by atoms with Crippen LogP contribution < -0.4 is 0 Å². The Morgan fingerprint density at radius 1 is 1.52 bits per heavy atom. The van der Waals surface area contributed by atoms with E-state index in [0.717, 1.165) is 24.9 Å². The number of halogens is 1. The predicted octanol–water partition coefficient (Wildman–Crippen LogP) is 2.47. The first-order valence-corrected chi connectivity index (χ1v) is 7.21. The number of rotatable bonds is 4. The molecule has 1 aliphatic rings. The summed E-state index contributed by atoms with van der Waals surface area (Å²) in [4.78, 5) is 13.9. The highest BCUT2D eigenvalue weighted by molar-refractivity contribution is 5.72. The van der Waals surface area contributed by atoms with Crippen molar-refractivity contribution >= 4 is 5.97 Å². The molecular formula is C16H19FN2O2. The number of likely N-dealkylation sites (tertiary alicyclic amines) is 1. The van der Waals surface area contributed by atoms with Crippen LogP contribution in [0.5, 0.6) is 0 Å². The molecule has 4 nitrogen and oxygen atoms in total. The SMILES string of the molecule is CCOC(=O)C1CCCN(Cc2cc(F)cc(C#N)c2)C1. The van der Waals surface area contributed by atoms with Crippen molar-refractivity contribution in [3.05, 3.63) is 35.1 Å². The maximum Gasteiger partial charge on any atom is 0.310 e. The van der Waals surface area contributed by atoms with Crippen molar-refractivity contribution in [1.82, 2.24) is 4.90 Å². The number of piperidine rings is 1. The maximum absolute atomic E-state index is 13.4. The molecule has 1 aromatic carbocycles. The van der Waals surface area contributed by atoms with Crippen LogP contribution >= 0.6 is 0 Å². The minimum Gasteiger partial charge on any atom is -0.466 e. The lowest BCUT2D eigenvalue weighted by Crippen LogP contribution is -2.38. The minimum atomic E-state index is -0.400. The van der Waals surface area contributed by atoms with Crippen molar-refractivity contribution in [2.75, 3.05) is 19.7 Å². The summed E-state index contributed by atoms with van der Waals surface area (Å²) in [6.45, 7) is 4.23. The number of hydrogen-bond donors (Lipinski definition) is 0. The number of carbonyl (C=O) groups excluding carboxylic acids is 1. The number of nitrogens with zero attached hydrogens (tertiary/aromatic N) is 2. The molecule has 1 aromatic rings. The molecule has 0 amide bonds. The van der Waals surface area contributed by atoms with Gasteiger partial charge in [-0.15, -0.1) is 0 Å². The van der Waals surface area contributed by atoms with E-state index in [-0.39, 0.29) is 11.9 Å². The van der Waals surface area contributed by atoms with Crippen LogP contribution in [-0.2, 0) is 16.1 Å². The second kappa shape index (κ2) is 7.19. The molecule has 1 fully saturated rings. The third-order valence-electron chi connectivity index (χ3n) is 3.62. The molecule has 112 valence electrons. The molecule has 0 aromatic heterocycles. The number of nitriles is 1. The zero-order chi connectivity index (χ0) is 15.2. The molecule has 1 saturated heterocycles. The molecule has 0 radical (unpaired) electrons. The van der Waals surface area contributed by atoms with Gasteiger partial charge in [-0.1, -0.05) is 0 Å². The number of carbonyl (C=O) groups is 1. The number of hydrogen-bond acceptors (Lipinski definition) is 4. The number of benzene rings is 1. The summed E-state index contributed by atoms with van der Waals surface area (Å²) in [7, 11) is 0. The fourth-order valence-corrected chi connectivity index (χ4v) is 2.72. The van der Waals surface area contributed by atoms with Gasteiger partial charge in [0.15, 0.2) is 0 Å². The average molecular weight is 290 g/mol. The van der Waals surface area contributed by atoms with Gasteiger partial charge in [0.1, 0.15) is 5.82 Å². The molecular weight excluding hydrogens is 271 g/mol. The summed E-state index contributed by atoms with van der Waals surface area (Å²) in [5.74, 6) is -0.662. The Balaban J connectivity index is 2.01. The monoisotopic (exact) mass is 290 g/mol. The molecule has 1 atom stereocenters. The summed E-state index contributed by atoms with van der Waals surface area (Å²) in [6.07, 6.45) is 1.76. The fourth-order valence-electron chi connectivity index (χ4n) is 2.72. The topological polar surface area (TPSA) is 53.3 Å². The van der Waals surface area contributed by atoms with Gasteiger partial charge in [-0.2, -0.15) is 5.26 Å². The van der Waals surface area contributed by atoms with Crippen LogP contribution in [0.4, 0.5) is 4.39 Å². The van der Waals surface area contributed by atoms with E-state index in [1.165, 1.54) is 12.1 Å². The second-order valence-electron chi connectivity index (χ2n) is 5.29. The molecule has 0 N–H and O–H groups in total. The van der Waals surface area contributed by atoms with Gasteiger partial charge in [0, 0.05) is 13.1 Å². The lowest BCUT2D eigenvalue weighted by Gasteiger charge is -2.31. The predicted molar refractivity (Wildman–Crippen MR) is 75.7 cm³/mol. The van der Waals surface area contributed by atoms with Crippen molar-refractivity contribution in [3.63, 3.8) is 0 Å². The highest BCUT2D eigenvalue weighted by Crippen LogP contribution is 2.20. The molecule has 0 saturated carbocycles. The Kier molecular flexibility index (Phi) is 5.29. The highest BCUT2D eigenvalue weighted by Gasteiger charge is 2.26. The average Bonchev–Trinajstić information content (AvgIpc) is 2.47. The van der Waals surface area contributed by atoms with E-state index >= 15 is 0 Å². The Hall–Kier alpha value is -1.93. The van der Waals surface area contributed by atoms with E-state index in [9.17, 15) is 9.18 Å². The van der Waals surface area contributed by atoms with Gasteiger partial charge in [-0.25, -0.2) is 4.39 Å². The van der Waals surface area contributed by atoms with Crippen LogP contribution in [0.3, 0.4) is 0 Å². The van der Waals surface area contributed by atoms with Gasteiger partial charge in [-0.05, 0) is 50.1 Å². The molecule has 0 aliphatic carbocycles. The molecule has 1 unspecified atom stereocenters. The van der Waals surface area contributed by atoms with Gasteiger partial charge < -0.3 is 4.74 Å². The van der Waals surface area contributed by atoms with Crippen LogP contribution in [0.25, 0.3) is 0 Å². The number of ether oxygens (including phenoxy) is 1. The summed E-state index contributed by atoms with van der Waals surface area (Å²) in [6, 6.07) is 6.31. The maximum atomic E-state index is 13.4. The zero-order valence-corrected chi connectivity index (χ0v) is 12.1. The van der Waals surface area contributed by atoms with Crippen LogP contribution in [0.1, 0.15) is 30.9 Å². The normalized spacial score (nSPS) is 19.0. The summed E-state index contributed by atoms with van der Waals surface area (Å²) >= 11 is 0. The van der Waals surface area contributed by atoms with Crippen LogP contribution in [0, 0.1) is 23.1 Å². The van der Waals surface area contributed by atoms with Gasteiger partial charge in [0.05, 0.1) is 24.2 Å². The van der Waals surface area contributed by atoms with Gasteiger partial charge in [0.2, 0.25) is 0 Å². The van der Waals surface area contributed by atoms with Crippen molar-refractivity contribution in [1.29, 1.82) is 5.26 Å². The summed E-state index contributed by atoms with van der Waals surface area (Å²) < 4.78 is 18.5. The molecule has 2 rings (SSSR count). The van der Waals surface area contributed by atoms with Gasteiger partial charge >= 0.3 is 5.97 Å². The van der Waals surface area contributed by atoms with E-state index < -0.39 is 5.82 Å². The van der Waals surface area contributed by atoms with Crippen molar-refractivity contribution in [2.45, 2.75) is 26.3 Å². The minimum absolute atomic E-state index is 0.109. The first-order valence-electron chi connectivity index (χ1n) is 7.21. The van der Waals surface area contributed by atoms with Gasteiger partial charge in [-0.3, -0.25) is 9.69 Å². The molecule has 0 spiro atoms. The van der Waals surface area contributed by atoms with Crippen molar-refractivity contribution in [3.8, 4) is 6.07 Å². The third kappa shape index (κ3) is 4.27. The highest BCUT2D eigenvalue weighted by atomic mass is 19.1. The molecule has 0 bridgehead atoms. The van der Waals surface area contributed by atoms with Crippen LogP contribution in [0.2, 0.25) is 0 Å². The Morgan fingerprint density at radius 2 is 2.33 bits per heavy atom. The summed E-state index contributed by atoms with van der Waals surface area (Å²) in [5, 5.41) is 8.87. The third-order valence-corrected chi connectivity index (χ3v) is 3.62. The molecule has 21 heavy (non-hydrogen) atoms. The lowest BCUT2D eigenvalue weighted by atomic mass is 9.97. The summed E-state index contributed by atoms with van der Waals surface area (Å²) in [5.41, 5.74) is 1.08. The Morgan fingerprint density at radius 3 is 3.05 bits per heavy atom. The molecule has 1 aliphatic heterocycles. The fraction of sp³-hybridized carbons (Fsp3) is 0.500. The van der Waals surface area contributed by atoms with E-state index in [2.05, 4.69) is 4.90 Å². The molecule has 5 heteroatoms. The smallest absolute Gasteiger partial charge is 0.310 e. The lowest BCUT2D eigenvalue weighted by molar-refractivity contribution is -0.150. The van der Waals surface area contributed by atoms with Crippen LogP contribution in [0.15, 0.2) is 18.2 Å². The first-order chi connectivity index (χ1) is 10.1. The van der Waals surface area contributed by atoms with E-state index in [4.69, 9.17) is 10.00 Å². The number of esters is 1. The quantitative estimate of drug-likeness (QED) is 0.799.